The summed E-state index contributed by atoms with van der Waals surface area (Å²) in [5.41, 5.74) is 3.37. The van der Waals surface area contributed by atoms with Crippen LogP contribution in [-0.4, -0.2) is 23.8 Å². The fourth-order valence-corrected chi connectivity index (χ4v) is 3.92. The number of amides is 2. The minimum atomic E-state index is -0.449. The maximum absolute atomic E-state index is 13.6. The number of ether oxygens (including phenoxy) is 1. The van der Waals surface area contributed by atoms with Gasteiger partial charge in [0.2, 0.25) is 0 Å². The topological polar surface area (TPSA) is 58.6 Å². The molecule has 0 aliphatic carbocycles. The van der Waals surface area contributed by atoms with E-state index in [1.165, 1.54) is 29.2 Å². The smallest absolute Gasteiger partial charge is 0.278 e. The van der Waals surface area contributed by atoms with Crippen molar-refractivity contribution in [2.75, 3.05) is 12.4 Å². The van der Waals surface area contributed by atoms with Gasteiger partial charge in [-0.3, -0.25) is 14.5 Å². The average Bonchev–Trinajstić information content (AvgIpc) is 3.04. The van der Waals surface area contributed by atoms with Crippen molar-refractivity contribution in [3.8, 4) is 5.75 Å². The molecular weight excluding hydrogens is 431 g/mol. The van der Waals surface area contributed by atoms with E-state index in [9.17, 15) is 14.0 Å². The van der Waals surface area contributed by atoms with Crippen LogP contribution < -0.4 is 10.1 Å². The maximum Gasteiger partial charge on any atom is 0.278 e. The first-order valence-electron chi connectivity index (χ1n) is 11.0. The zero-order valence-electron chi connectivity index (χ0n) is 19.7. The Kier molecular flexibility index (Phi) is 6.24. The van der Waals surface area contributed by atoms with Crippen LogP contribution >= 0.6 is 0 Å². The highest BCUT2D eigenvalue weighted by atomic mass is 19.1. The molecule has 0 bridgehead atoms. The summed E-state index contributed by atoms with van der Waals surface area (Å²) in [7, 11) is 1.54. The van der Waals surface area contributed by atoms with E-state index in [1.807, 2.05) is 42.5 Å². The van der Waals surface area contributed by atoms with Crippen molar-refractivity contribution >= 4 is 23.1 Å². The summed E-state index contributed by atoms with van der Waals surface area (Å²) in [6.07, 6.45) is 0. The SMILES string of the molecule is COc1ccccc1CN1C(=O)C(Nc2ccc(C(C)(C)C)cc2)=C(c2ccc(F)cc2)C1=O. The zero-order valence-corrected chi connectivity index (χ0v) is 19.7. The van der Waals surface area contributed by atoms with Crippen molar-refractivity contribution in [1.29, 1.82) is 0 Å². The van der Waals surface area contributed by atoms with E-state index >= 15 is 0 Å². The lowest BCUT2D eigenvalue weighted by molar-refractivity contribution is -0.137. The molecule has 1 N–H and O–H groups in total. The molecule has 34 heavy (non-hydrogen) atoms. The molecule has 0 atom stereocenters. The van der Waals surface area contributed by atoms with Crippen molar-refractivity contribution in [3.63, 3.8) is 0 Å². The lowest BCUT2D eigenvalue weighted by atomic mass is 9.87. The minimum absolute atomic E-state index is 0.0122. The molecule has 1 heterocycles. The average molecular weight is 459 g/mol. The number of rotatable bonds is 6. The van der Waals surface area contributed by atoms with Crippen molar-refractivity contribution < 1.29 is 18.7 Å². The summed E-state index contributed by atoms with van der Waals surface area (Å²) in [5.74, 6) is -0.726. The highest BCUT2D eigenvalue weighted by Crippen LogP contribution is 2.33. The molecule has 0 aromatic heterocycles. The fourth-order valence-electron chi connectivity index (χ4n) is 3.92. The van der Waals surface area contributed by atoms with Crippen LogP contribution in [0.15, 0.2) is 78.5 Å². The Morgan fingerprint density at radius 3 is 2.15 bits per heavy atom. The number of imide groups is 1. The summed E-state index contributed by atoms with van der Waals surface area (Å²) in [5, 5.41) is 3.15. The molecule has 0 unspecified atom stereocenters. The lowest BCUT2D eigenvalue weighted by Crippen LogP contribution is -2.32. The molecule has 6 heteroatoms. The van der Waals surface area contributed by atoms with E-state index in [0.29, 0.717) is 22.6 Å². The van der Waals surface area contributed by atoms with Gasteiger partial charge < -0.3 is 10.1 Å². The number of para-hydroxylation sites is 1. The molecule has 0 saturated carbocycles. The van der Waals surface area contributed by atoms with Crippen LogP contribution in [0.4, 0.5) is 10.1 Å². The number of halogens is 1. The Morgan fingerprint density at radius 2 is 1.53 bits per heavy atom. The summed E-state index contributed by atoms with van der Waals surface area (Å²) in [6.45, 7) is 6.43. The van der Waals surface area contributed by atoms with Crippen molar-refractivity contribution in [2.45, 2.75) is 32.7 Å². The monoisotopic (exact) mass is 458 g/mol. The van der Waals surface area contributed by atoms with Gasteiger partial charge in [0.25, 0.3) is 11.8 Å². The number of carbonyl (C=O) groups excluding carboxylic acids is 2. The van der Waals surface area contributed by atoms with E-state index in [4.69, 9.17) is 4.74 Å². The number of hydrogen-bond donors (Lipinski definition) is 1. The second-order valence-electron chi connectivity index (χ2n) is 9.22. The van der Waals surface area contributed by atoms with Gasteiger partial charge in [-0.2, -0.15) is 0 Å². The van der Waals surface area contributed by atoms with Crippen LogP contribution in [0.3, 0.4) is 0 Å². The first-order valence-corrected chi connectivity index (χ1v) is 11.0. The summed E-state index contributed by atoms with van der Waals surface area (Å²) < 4.78 is 19.0. The van der Waals surface area contributed by atoms with Gasteiger partial charge in [-0.05, 0) is 46.9 Å². The molecule has 1 aliphatic rings. The number of carbonyl (C=O) groups is 2. The summed E-state index contributed by atoms with van der Waals surface area (Å²) in [4.78, 5) is 28.1. The first-order chi connectivity index (χ1) is 16.2. The van der Waals surface area contributed by atoms with Crippen LogP contribution in [0.5, 0.6) is 5.75 Å². The van der Waals surface area contributed by atoms with E-state index in [1.54, 1.807) is 13.2 Å². The molecule has 0 radical (unpaired) electrons. The van der Waals surface area contributed by atoms with Crippen LogP contribution in [0.25, 0.3) is 5.57 Å². The zero-order chi connectivity index (χ0) is 24.5. The molecule has 3 aromatic carbocycles. The number of benzene rings is 3. The maximum atomic E-state index is 13.6. The highest BCUT2D eigenvalue weighted by molar-refractivity contribution is 6.36. The van der Waals surface area contributed by atoms with Crippen molar-refractivity contribution in [3.05, 3.63) is 101 Å². The second kappa shape index (κ2) is 9.14. The molecule has 2 amide bonds. The van der Waals surface area contributed by atoms with Crippen LogP contribution in [0.1, 0.15) is 37.5 Å². The van der Waals surface area contributed by atoms with Gasteiger partial charge in [-0.1, -0.05) is 63.2 Å². The Hall–Kier alpha value is -3.93. The van der Waals surface area contributed by atoms with E-state index < -0.39 is 17.6 Å². The Labute approximate surface area is 198 Å². The fraction of sp³-hybridized carbons (Fsp3) is 0.214. The predicted molar refractivity (Wildman–Crippen MR) is 131 cm³/mol. The summed E-state index contributed by atoms with van der Waals surface area (Å²) in [6, 6.07) is 20.6. The second-order valence-corrected chi connectivity index (χ2v) is 9.22. The number of nitrogens with zero attached hydrogens (tertiary/aromatic N) is 1. The Bertz CT molecular complexity index is 1260. The number of hydrogen-bond acceptors (Lipinski definition) is 4. The number of nitrogens with one attached hydrogen (secondary N) is 1. The van der Waals surface area contributed by atoms with Gasteiger partial charge in [-0.25, -0.2) is 4.39 Å². The van der Waals surface area contributed by atoms with Crippen LogP contribution in [0.2, 0.25) is 0 Å². The molecule has 174 valence electrons. The highest BCUT2D eigenvalue weighted by Gasteiger charge is 2.39. The molecule has 1 aliphatic heterocycles. The lowest BCUT2D eigenvalue weighted by Gasteiger charge is -2.19. The van der Waals surface area contributed by atoms with Crippen LogP contribution in [0, 0.1) is 5.82 Å². The van der Waals surface area contributed by atoms with Gasteiger partial charge in [0.15, 0.2) is 0 Å². The normalized spacial score (nSPS) is 14.1. The molecule has 4 rings (SSSR count). The van der Waals surface area contributed by atoms with Crippen LogP contribution in [-0.2, 0) is 21.5 Å². The summed E-state index contributed by atoms with van der Waals surface area (Å²) >= 11 is 0. The molecule has 3 aromatic rings. The predicted octanol–water partition coefficient (Wildman–Crippen LogP) is 5.52. The molecule has 0 spiro atoms. The first kappa shape index (κ1) is 23.2. The quantitative estimate of drug-likeness (QED) is 0.494. The third-order valence-corrected chi connectivity index (χ3v) is 5.84. The third kappa shape index (κ3) is 4.57. The largest absolute Gasteiger partial charge is 0.496 e. The molecule has 0 fully saturated rings. The van der Waals surface area contributed by atoms with Gasteiger partial charge in [-0.15, -0.1) is 0 Å². The van der Waals surface area contributed by atoms with E-state index in [0.717, 1.165) is 5.56 Å². The molecular formula is C28H27FN2O3. The number of anilines is 1. The van der Waals surface area contributed by atoms with Gasteiger partial charge in [0.05, 0.1) is 19.2 Å². The Balaban J connectivity index is 1.72. The molecule has 0 saturated heterocycles. The number of methoxy groups -OCH3 is 1. The van der Waals surface area contributed by atoms with Gasteiger partial charge >= 0.3 is 0 Å². The van der Waals surface area contributed by atoms with Crippen molar-refractivity contribution in [2.24, 2.45) is 0 Å². The van der Waals surface area contributed by atoms with Crippen molar-refractivity contribution in [1.82, 2.24) is 4.90 Å². The minimum Gasteiger partial charge on any atom is -0.496 e. The third-order valence-electron chi connectivity index (χ3n) is 5.84. The Morgan fingerprint density at radius 1 is 0.882 bits per heavy atom. The standard InChI is InChI=1S/C28H27FN2O3/c1-28(2,3)20-11-15-22(16-12-20)30-25-24(18-9-13-21(29)14-10-18)26(32)31(27(25)33)17-19-7-5-6-8-23(19)34-4/h5-16,30H,17H2,1-4H3. The van der Waals surface area contributed by atoms with E-state index in [-0.39, 0.29) is 23.2 Å². The van der Waals surface area contributed by atoms with E-state index in [2.05, 4.69) is 26.1 Å². The molecule has 5 nitrogen and oxygen atoms in total. The van der Waals surface area contributed by atoms with Gasteiger partial charge in [0.1, 0.15) is 17.3 Å². The van der Waals surface area contributed by atoms with Gasteiger partial charge in [0, 0.05) is 11.3 Å².